The Hall–Kier alpha value is -0.960. The van der Waals surface area contributed by atoms with Crippen LogP contribution in [0.25, 0.3) is 0 Å². The Morgan fingerprint density at radius 2 is 1.94 bits per heavy atom. The number of benzene rings is 1. The average molecular weight is 238 g/mol. The molecule has 0 atom stereocenters. The van der Waals surface area contributed by atoms with E-state index in [0.29, 0.717) is 6.42 Å². The van der Waals surface area contributed by atoms with Crippen molar-refractivity contribution in [2.45, 2.75) is 38.2 Å². The van der Waals surface area contributed by atoms with Gasteiger partial charge in [-0.3, -0.25) is 4.79 Å². The molecule has 0 fully saturated rings. The lowest BCUT2D eigenvalue weighted by atomic mass is 10.2. The summed E-state index contributed by atoms with van der Waals surface area (Å²) in [5, 5.41) is 0. The fourth-order valence-electron chi connectivity index (χ4n) is 1.21. The molecule has 0 aromatic heterocycles. The highest BCUT2D eigenvalue weighted by Gasteiger charge is 2.05. The molecule has 0 aliphatic heterocycles. The molecule has 16 heavy (non-hydrogen) atoms. The molecular formula is C13H18O2S. The summed E-state index contributed by atoms with van der Waals surface area (Å²) < 4.78 is 5.05. The van der Waals surface area contributed by atoms with E-state index in [4.69, 9.17) is 4.74 Å². The van der Waals surface area contributed by atoms with Gasteiger partial charge in [-0.15, -0.1) is 11.8 Å². The Morgan fingerprint density at radius 1 is 1.31 bits per heavy atom. The van der Waals surface area contributed by atoms with E-state index in [9.17, 15) is 4.79 Å². The van der Waals surface area contributed by atoms with Crippen LogP contribution in [0.1, 0.15) is 25.8 Å². The molecular weight excluding hydrogens is 220 g/mol. The summed E-state index contributed by atoms with van der Waals surface area (Å²) in [6, 6.07) is 8.31. The molecule has 0 unspecified atom stereocenters. The van der Waals surface area contributed by atoms with E-state index in [1.807, 2.05) is 13.8 Å². The van der Waals surface area contributed by atoms with E-state index >= 15 is 0 Å². The molecule has 0 saturated carbocycles. The number of aryl methyl sites for hydroxylation is 1. The van der Waals surface area contributed by atoms with Crippen molar-refractivity contribution in [1.29, 1.82) is 0 Å². The van der Waals surface area contributed by atoms with Crippen LogP contribution >= 0.6 is 11.8 Å². The molecule has 1 aromatic carbocycles. The fourth-order valence-corrected chi connectivity index (χ4v) is 2.04. The van der Waals surface area contributed by atoms with Crippen LogP contribution in [-0.4, -0.2) is 17.8 Å². The Bertz CT molecular complexity index is 330. The molecule has 0 aliphatic carbocycles. The van der Waals surface area contributed by atoms with Crippen LogP contribution in [0.15, 0.2) is 29.2 Å². The van der Waals surface area contributed by atoms with Crippen LogP contribution in [0.5, 0.6) is 0 Å². The first-order chi connectivity index (χ1) is 7.58. The number of thioether (sulfide) groups is 1. The van der Waals surface area contributed by atoms with Crippen molar-refractivity contribution in [2.75, 3.05) is 5.75 Å². The molecule has 0 saturated heterocycles. The van der Waals surface area contributed by atoms with Crippen LogP contribution in [0.2, 0.25) is 0 Å². The smallest absolute Gasteiger partial charge is 0.306 e. The largest absolute Gasteiger partial charge is 0.463 e. The van der Waals surface area contributed by atoms with E-state index in [2.05, 4.69) is 31.2 Å². The van der Waals surface area contributed by atoms with Gasteiger partial charge in [0.05, 0.1) is 12.5 Å². The van der Waals surface area contributed by atoms with E-state index in [-0.39, 0.29) is 12.1 Å². The van der Waals surface area contributed by atoms with Gasteiger partial charge in [-0.25, -0.2) is 0 Å². The number of esters is 1. The van der Waals surface area contributed by atoms with E-state index < -0.39 is 0 Å². The van der Waals surface area contributed by atoms with Gasteiger partial charge in [-0.1, -0.05) is 17.7 Å². The second-order valence-electron chi connectivity index (χ2n) is 3.95. The molecule has 0 spiro atoms. The van der Waals surface area contributed by atoms with Crippen molar-refractivity contribution >= 4 is 17.7 Å². The Labute approximate surface area is 101 Å². The lowest BCUT2D eigenvalue weighted by Gasteiger charge is -2.07. The first-order valence-electron chi connectivity index (χ1n) is 5.47. The molecule has 0 amide bonds. The standard InChI is InChI=1S/C13H18O2S/c1-10(2)15-13(14)8-9-16-12-6-4-11(3)5-7-12/h4-7,10H,8-9H2,1-3H3. The molecule has 88 valence electrons. The SMILES string of the molecule is Cc1ccc(SCCC(=O)OC(C)C)cc1. The van der Waals surface area contributed by atoms with Crippen molar-refractivity contribution < 1.29 is 9.53 Å². The van der Waals surface area contributed by atoms with Gasteiger partial charge in [0.1, 0.15) is 0 Å². The molecule has 0 heterocycles. The number of hydrogen-bond donors (Lipinski definition) is 0. The zero-order valence-corrected chi connectivity index (χ0v) is 10.8. The highest BCUT2D eigenvalue weighted by atomic mass is 32.2. The fraction of sp³-hybridized carbons (Fsp3) is 0.462. The van der Waals surface area contributed by atoms with Gasteiger partial charge >= 0.3 is 5.97 Å². The molecule has 0 bridgehead atoms. The third kappa shape index (κ3) is 5.21. The van der Waals surface area contributed by atoms with Crippen molar-refractivity contribution in [3.05, 3.63) is 29.8 Å². The third-order valence-electron chi connectivity index (χ3n) is 1.96. The van der Waals surface area contributed by atoms with Crippen LogP contribution in [0.4, 0.5) is 0 Å². The number of carbonyl (C=O) groups is 1. The number of rotatable bonds is 5. The Balaban J connectivity index is 2.25. The monoisotopic (exact) mass is 238 g/mol. The second kappa shape index (κ2) is 6.59. The molecule has 0 aliphatic rings. The lowest BCUT2D eigenvalue weighted by molar-refractivity contribution is -0.146. The van der Waals surface area contributed by atoms with Crippen LogP contribution in [-0.2, 0) is 9.53 Å². The summed E-state index contributed by atoms with van der Waals surface area (Å²) in [6.45, 7) is 5.80. The van der Waals surface area contributed by atoms with E-state index in [1.54, 1.807) is 11.8 Å². The maximum absolute atomic E-state index is 11.3. The van der Waals surface area contributed by atoms with Crippen molar-refractivity contribution in [3.8, 4) is 0 Å². The van der Waals surface area contributed by atoms with Gasteiger partial charge < -0.3 is 4.74 Å². The predicted molar refractivity (Wildman–Crippen MR) is 67.7 cm³/mol. The summed E-state index contributed by atoms with van der Waals surface area (Å²) in [5.41, 5.74) is 1.25. The maximum atomic E-state index is 11.3. The van der Waals surface area contributed by atoms with Gasteiger partial charge in [0.15, 0.2) is 0 Å². The van der Waals surface area contributed by atoms with Crippen molar-refractivity contribution in [2.24, 2.45) is 0 Å². The molecule has 0 radical (unpaired) electrons. The van der Waals surface area contributed by atoms with Crippen molar-refractivity contribution in [3.63, 3.8) is 0 Å². The quantitative estimate of drug-likeness (QED) is 0.580. The number of ether oxygens (including phenoxy) is 1. The Kier molecular flexibility index (Phi) is 5.39. The second-order valence-corrected chi connectivity index (χ2v) is 5.12. The number of hydrogen-bond acceptors (Lipinski definition) is 3. The zero-order valence-electron chi connectivity index (χ0n) is 10.0. The molecule has 0 N–H and O–H groups in total. The van der Waals surface area contributed by atoms with Crippen LogP contribution < -0.4 is 0 Å². The van der Waals surface area contributed by atoms with Gasteiger partial charge in [0.25, 0.3) is 0 Å². The highest BCUT2D eigenvalue weighted by molar-refractivity contribution is 7.99. The first-order valence-corrected chi connectivity index (χ1v) is 6.45. The topological polar surface area (TPSA) is 26.3 Å². The van der Waals surface area contributed by atoms with E-state index in [1.165, 1.54) is 10.5 Å². The zero-order chi connectivity index (χ0) is 12.0. The summed E-state index contributed by atoms with van der Waals surface area (Å²) in [4.78, 5) is 12.5. The molecule has 1 rings (SSSR count). The normalized spacial score (nSPS) is 10.5. The summed E-state index contributed by atoms with van der Waals surface area (Å²) in [5.74, 6) is 0.656. The third-order valence-corrected chi connectivity index (χ3v) is 2.98. The minimum Gasteiger partial charge on any atom is -0.463 e. The van der Waals surface area contributed by atoms with Gasteiger partial charge in [0.2, 0.25) is 0 Å². The van der Waals surface area contributed by atoms with Crippen molar-refractivity contribution in [1.82, 2.24) is 0 Å². The molecule has 3 heteroatoms. The number of carbonyl (C=O) groups excluding carboxylic acids is 1. The van der Waals surface area contributed by atoms with Gasteiger partial charge in [-0.2, -0.15) is 0 Å². The summed E-state index contributed by atoms with van der Waals surface area (Å²) in [7, 11) is 0. The first kappa shape index (κ1) is 13.1. The average Bonchev–Trinajstić information content (AvgIpc) is 2.20. The maximum Gasteiger partial charge on any atom is 0.306 e. The predicted octanol–water partition coefficient (Wildman–Crippen LogP) is 3.43. The van der Waals surface area contributed by atoms with Crippen LogP contribution in [0, 0.1) is 6.92 Å². The summed E-state index contributed by atoms with van der Waals surface area (Å²) >= 11 is 1.68. The minimum absolute atomic E-state index is 0.0168. The molecule has 1 aromatic rings. The highest BCUT2D eigenvalue weighted by Crippen LogP contribution is 2.19. The van der Waals surface area contributed by atoms with Crippen LogP contribution in [0.3, 0.4) is 0 Å². The van der Waals surface area contributed by atoms with Gasteiger partial charge in [-0.05, 0) is 32.9 Å². The lowest BCUT2D eigenvalue weighted by Crippen LogP contribution is -2.11. The van der Waals surface area contributed by atoms with Gasteiger partial charge in [0, 0.05) is 10.6 Å². The molecule has 2 nitrogen and oxygen atoms in total. The minimum atomic E-state index is -0.116. The Morgan fingerprint density at radius 3 is 2.50 bits per heavy atom. The summed E-state index contributed by atoms with van der Waals surface area (Å²) in [6.07, 6.45) is 0.452. The van der Waals surface area contributed by atoms with E-state index in [0.717, 1.165) is 5.75 Å².